The summed E-state index contributed by atoms with van der Waals surface area (Å²) in [7, 11) is 0. The molecule has 10 heteroatoms. The van der Waals surface area contributed by atoms with Gasteiger partial charge in [-0.2, -0.15) is 10.1 Å². The van der Waals surface area contributed by atoms with Crippen LogP contribution in [0.3, 0.4) is 0 Å². The van der Waals surface area contributed by atoms with E-state index in [1.165, 1.54) is 21.6 Å². The zero-order valence-corrected chi connectivity index (χ0v) is 8.83. The van der Waals surface area contributed by atoms with Crippen molar-refractivity contribution in [3.63, 3.8) is 0 Å². The molecule has 0 saturated carbocycles. The average Bonchev–Trinajstić information content (AvgIpc) is 2.91. The molecule has 0 saturated heterocycles. The Kier molecular flexibility index (Phi) is 1.96. The Labute approximate surface area is 98.8 Å². The molecular formula is C8H6N8O2. The molecule has 0 aliphatic rings. The third kappa shape index (κ3) is 1.52. The molecule has 0 atom stereocenters. The molecule has 90 valence electrons. The molecule has 3 aromatic heterocycles. The van der Waals surface area contributed by atoms with Crippen LogP contribution in [0.4, 0.5) is 11.6 Å². The smallest absolute Gasteiger partial charge is 0.307 e. The SMILES string of the molecule is Nc1nc2ncc(-n3cc([N+](=O)[O-])cn3)cn2n1. The third-order valence-corrected chi connectivity index (χ3v) is 2.24. The van der Waals surface area contributed by atoms with Crippen LogP contribution in [0.2, 0.25) is 0 Å². The summed E-state index contributed by atoms with van der Waals surface area (Å²) >= 11 is 0. The summed E-state index contributed by atoms with van der Waals surface area (Å²) in [6.45, 7) is 0. The maximum atomic E-state index is 10.6. The topological polar surface area (TPSA) is 130 Å². The van der Waals surface area contributed by atoms with Crippen molar-refractivity contribution < 1.29 is 4.92 Å². The maximum absolute atomic E-state index is 10.6. The first-order chi connectivity index (χ1) is 8.63. The van der Waals surface area contributed by atoms with Crippen molar-refractivity contribution >= 4 is 17.4 Å². The van der Waals surface area contributed by atoms with E-state index in [0.717, 1.165) is 6.20 Å². The van der Waals surface area contributed by atoms with E-state index in [0.29, 0.717) is 11.5 Å². The predicted octanol–water partition coefficient (Wildman–Crippen LogP) is -0.200. The van der Waals surface area contributed by atoms with E-state index in [2.05, 4.69) is 20.2 Å². The molecule has 10 nitrogen and oxygen atoms in total. The van der Waals surface area contributed by atoms with Gasteiger partial charge in [0.05, 0.1) is 17.3 Å². The fourth-order valence-electron chi connectivity index (χ4n) is 1.46. The second kappa shape index (κ2) is 3.48. The van der Waals surface area contributed by atoms with Crippen LogP contribution in [0.1, 0.15) is 0 Å². The molecule has 3 aromatic rings. The standard InChI is InChI=1S/C8H6N8O2/c9-7-12-8-10-1-5(3-15(8)13-7)14-4-6(2-11-14)16(17)18/h1-4H,(H2,9,13). The van der Waals surface area contributed by atoms with E-state index in [1.54, 1.807) is 6.20 Å². The van der Waals surface area contributed by atoms with Crippen LogP contribution in [-0.4, -0.2) is 34.3 Å². The van der Waals surface area contributed by atoms with Gasteiger partial charge in [-0.3, -0.25) is 10.1 Å². The van der Waals surface area contributed by atoms with Crippen molar-refractivity contribution in [2.24, 2.45) is 0 Å². The lowest BCUT2D eigenvalue weighted by Gasteiger charge is -1.98. The number of anilines is 1. The summed E-state index contributed by atoms with van der Waals surface area (Å²) in [6, 6.07) is 0. The minimum Gasteiger partial charge on any atom is -0.366 e. The van der Waals surface area contributed by atoms with Crippen molar-refractivity contribution in [3.8, 4) is 5.69 Å². The molecular weight excluding hydrogens is 240 g/mol. The van der Waals surface area contributed by atoms with Crippen LogP contribution >= 0.6 is 0 Å². The molecule has 0 aliphatic carbocycles. The fourth-order valence-corrected chi connectivity index (χ4v) is 1.46. The Morgan fingerprint density at radius 2 is 2.17 bits per heavy atom. The predicted molar refractivity (Wildman–Crippen MR) is 59.0 cm³/mol. The Hall–Kier alpha value is -3.04. The number of nitrogens with zero attached hydrogens (tertiary/aromatic N) is 7. The summed E-state index contributed by atoms with van der Waals surface area (Å²) in [5.41, 5.74) is 5.84. The molecule has 0 unspecified atom stereocenters. The zero-order chi connectivity index (χ0) is 12.7. The van der Waals surface area contributed by atoms with Gasteiger partial charge < -0.3 is 5.73 Å². The maximum Gasteiger partial charge on any atom is 0.307 e. The van der Waals surface area contributed by atoms with Crippen LogP contribution < -0.4 is 5.73 Å². The van der Waals surface area contributed by atoms with E-state index in [-0.39, 0.29) is 11.6 Å². The van der Waals surface area contributed by atoms with Gasteiger partial charge in [-0.05, 0) is 0 Å². The summed E-state index contributed by atoms with van der Waals surface area (Å²) in [5, 5.41) is 18.3. The number of nitrogens with two attached hydrogens (primary N) is 1. The summed E-state index contributed by atoms with van der Waals surface area (Å²) < 4.78 is 2.70. The van der Waals surface area contributed by atoms with Gasteiger partial charge in [0.1, 0.15) is 18.1 Å². The lowest BCUT2D eigenvalue weighted by Crippen LogP contribution is -1.99. The minimum absolute atomic E-state index is 0.103. The number of rotatable bonds is 2. The van der Waals surface area contributed by atoms with Crippen LogP contribution in [0, 0.1) is 10.1 Å². The first-order valence-corrected chi connectivity index (χ1v) is 4.81. The summed E-state index contributed by atoms with van der Waals surface area (Å²) in [4.78, 5) is 17.9. The van der Waals surface area contributed by atoms with Gasteiger partial charge in [-0.15, -0.1) is 5.10 Å². The van der Waals surface area contributed by atoms with Gasteiger partial charge in [-0.1, -0.05) is 0 Å². The molecule has 0 aromatic carbocycles. The summed E-state index contributed by atoms with van der Waals surface area (Å²) in [5.74, 6) is 0.448. The van der Waals surface area contributed by atoms with Crippen LogP contribution in [0.5, 0.6) is 0 Å². The zero-order valence-electron chi connectivity index (χ0n) is 8.83. The van der Waals surface area contributed by atoms with Gasteiger partial charge in [0.25, 0.3) is 5.78 Å². The second-order valence-corrected chi connectivity index (χ2v) is 3.43. The number of hydrogen-bond donors (Lipinski definition) is 1. The van der Waals surface area contributed by atoms with Crippen LogP contribution in [0.15, 0.2) is 24.8 Å². The van der Waals surface area contributed by atoms with Crippen molar-refractivity contribution in [1.82, 2.24) is 29.4 Å². The Bertz CT molecular complexity index is 744. The Morgan fingerprint density at radius 1 is 1.33 bits per heavy atom. The van der Waals surface area contributed by atoms with Gasteiger partial charge in [-0.25, -0.2) is 14.2 Å². The molecule has 2 N–H and O–H groups in total. The lowest BCUT2D eigenvalue weighted by atomic mass is 10.5. The molecule has 0 amide bonds. The molecule has 3 rings (SSSR count). The van der Waals surface area contributed by atoms with Crippen molar-refractivity contribution in [3.05, 3.63) is 34.9 Å². The lowest BCUT2D eigenvalue weighted by molar-refractivity contribution is -0.384. The number of nitrogen functional groups attached to an aromatic ring is 1. The summed E-state index contributed by atoms with van der Waals surface area (Å²) in [6.07, 6.45) is 5.48. The van der Waals surface area contributed by atoms with Gasteiger partial charge in [0.2, 0.25) is 5.95 Å². The normalized spacial score (nSPS) is 10.9. The first-order valence-electron chi connectivity index (χ1n) is 4.81. The molecule has 0 spiro atoms. The van der Waals surface area contributed by atoms with Crippen molar-refractivity contribution in [2.75, 3.05) is 5.73 Å². The van der Waals surface area contributed by atoms with E-state index in [9.17, 15) is 10.1 Å². The average molecular weight is 246 g/mol. The highest BCUT2D eigenvalue weighted by Gasteiger charge is 2.11. The van der Waals surface area contributed by atoms with E-state index in [1.807, 2.05) is 0 Å². The van der Waals surface area contributed by atoms with Gasteiger partial charge in [0.15, 0.2) is 0 Å². The number of aromatic nitrogens is 6. The van der Waals surface area contributed by atoms with Crippen molar-refractivity contribution in [1.29, 1.82) is 0 Å². The molecule has 0 fully saturated rings. The number of nitro groups is 1. The molecule has 0 aliphatic heterocycles. The van der Waals surface area contributed by atoms with E-state index >= 15 is 0 Å². The Morgan fingerprint density at radius 3 is 2.89 bits per heavy atom. The monoisotopic (exact) mass is 246 g/mol. The highest BCUT2D eigenvalue weighted by molar-refractivity contribution is 5.38. The quantitative estimate of drug-likeness (QED) is 0.489. The number of hydrogen-bond acceptors (Lipinski definition) is 7. The van der Waals surface area contributed by atoms with Gasteiger partial charge in [0, 0.05) is 0 Å². The third-order valence-electron chi connectivity index (χ3n) is 2.24. The highest BCUT2D eigenvalue weighted by Crippen LogP contribution is 2.13. The van der Waals surface area contributed by atoms with Crippen LogP contribution in [0.25, 0.3) is 11.5 Å². The molecule has 3 heterocycles. The largest absolute Gasteiger partial charge is 0.366 e. The minimum atomic E-state index is -0.525. The fraction of sp³-hybridized carbons (Fsp3) is 0. The Balaban J connectivity index is 2.09. The second-order valence-electron chi connectivity index (χ2n) is 3.43. The van der Waals surface area contributed by atoms with E-state index in [4.69, 9.17) is 5.73 Å². The molecule has 18 heavy (non-hydrogen) atoms. The molecule has 0 bridgehead atoms. The van der Waals surface area contributed by atoms with Crippen molar-refractivity contribution in [2.45, 2.75) is 0 Å². The van der Waals surface area contributed by atoms with E-state index < -0.39 is 4.92 Å². The highest BCUT2D eigenvalue weighted by atomic mass is 16.6. The van der Waals surface area contributed by atoms with Crippen LogP contribution in [-0.2, 0) is 0 Å². The first kappa shape index (κ1) is 10.1. The molecule has 0 radical (unpaired) electrons. The van der Waals surface area contributed by atoms with Gasteiger partial charge >= 0.3 is 5.69 Å². The number of fused-ring (bicyclic) bond motifs is 1.